The molecule has 9 heteroatoms. The number of carboxylic acids is 1. The Hall–Kier alpha value is -2.00. The Labute approximate surface area is 135 Å². The van der Waals surface area contributed by atoms with Crippen molar-refractivity contribution in [3.8, 4) is 0 Å². The Bertz CT molecular complexity index is 631. The average molecular weight is 343 g/mol. The molecule has 3 N–H and O–H groups in total. The van der Waals surface area contributed by atoms with Crippen molar-refractivity contribution in [1.82, 2.24) is 15.0 Å². The first-order chi connectivity index (χ1) is 10.7. The molecule has 0 fully saturated rings. The number of hydrogen-bond donors (Lipinski definition) is 3. The highest BCUT2D eigenvalue weighted by molar-refractivity contribution is 7.89. The maximum absolute atomic E-state index is 11.8. The van der Waals surface area contributed by atoms with E-state index in [0.717, 1.165) is 0 Å². The smallest absolute Gasteiger partial charge is 0.326 e. The summed E-state index contributed by atoms with van der Waals surface area (Å²) in [5, 5.41) is 11.3. The van der Waals surface area contributed by atoms with Crippen molar-refractivity contribution in [2.45, 2.75) is 26.3 Å². The minimum Gasteiger partial charge on any atom is -0.480 e. The fraction of sp³-hybridized carbons (Fsp3) is 0.500. The van der Waals surface area contributed by atoms with E-state index in [1.807, 2.05) is 0 Å². The number of carbonyl (C=O) groups excluding carboxylic acids is 1. The first kappa shape index (κ1) is 19.0. The monoisotopic (exact) mass is 343 g/mol. The van der Waals surface area contributed by atoms with E-state index in [1.165, 1.54) is 0 Å². The number of carbonyl (C=O) groups is 2. The van der Waals surface area contributed by atoms with E-state index in [1.54, 1.807) is 38.2 Å². The molecule has 1 aromatic rings. The summed E-state index contributed by atoms with van der Waals surface area (Å²) in [6, 6.07) is 4.14. The summed E-state index contributed by atoms with van der Waals surface area (Å²) in [7, 11) is -3.65. The van der Waals surface area contributed by atoms with E-state index in [2.05, 4.69) is 15.0 Å². The van der Waals surface area contributed by atoms with Gasteiger partial charge >= 0.3 is 5.97 Å². The molecule has 8 nitrogen and oxygen atoms in total. The van der Waals surface area contributed by atoms with Crippen LogP contribution in [-0.4, -0.2) is 48.7 Å². The van der Waals surface area contributed by atoms with Gasteiger partial charge in [0.15, 0.2) is 0 Å². The van der Waals surface area contributed by atoms with Gasteiger partial charge in [0, 0.05) is 18.3 Å². The van der Waals surface area contributed by atoms with Crippen LogP contribution in [0.3, 0.4) is 0 Å². The fourth-order valence-electron chi connectivity index (χ4n) is 1.77. The van der Waals surface area contributed by atoms with Gasteiger partial charge in [-0.05, 0) is 18.1 Å². The lowest BCUT2D eigenvalue weighted by Crippen LogP contribution is -2.48. The Morgan fingerprint density at radius 1 is 1.30 bits per heavy atom. The number of aryl methyl sites for hydroxylation is 1. The van der Waals surface area contributed by atoms with Crippen LogP contribution in [0.25, 0.3) is 0 Å². The maximum Gasteiger partial charge on any atom is 0.326 e. The van der Waals surface area contributed by atoms with E-state index in [9.17, 15) is 18.0 Å². The van der Waals surface area contributed by atoms with E-state index >= 15 is 0 Å². The number of rotatable bonds is 9. The highest BCUT2D eigenvalue weighted by Crippen LogP contribution is 2.01. The number of pyridine rings is 1. The van der Waals surface area contributed by atoms with Gasteiger partial charge in [0.1, 0.15) is 6.04 Å². The summed E-state index contributed by atoms with van der Waals surface area (Å²) in [5.41, 5.74) is 0.632. The van der Waals surface area contributed by atoms with Crippen molar-refractivity contribution in [2.75, 3.05) is 12.3 Å². The lowest BCUT2D eigenvalue weighted by atomic mass is 10.1. The standard InChI is InChI=1S/C14H21N3O5S/c1-10(2)13(14(19)20)17-12(18)9-16-23(21,22)8-6-11-5-3-4-7-15-11/h3-5,7,10,13,16H,6,8-9H2,1-2H3,(H,17,18)(H,19,20). The van der Waals surface area contributed by atoms with Crippen LogP contribution in [0.4, 0.5) is 0 Å². The summed E-state index contributed by atoms with van der Waals surface area (Å²) in [4.78, 5) is 26.7. The lowest BCUT2D eigenvalue weighted by molar-refractivity contribution is -0.142. The summed E-state index contributed by atoms with van der Waals surface area (Å²) in [6.07, 6.45) is 1.79. The second kappa shape index (κ2) is 8.59. The Balaban J connectivity index is 2.46. The van der Waals surface area contributed by atoms with Crippen molar-refractivity contribution >= 4 is 21.9 Å². The van der Waals surface area contributed by atoms with E-state index in [0.29, 0.717) is 5.69 Å². The molecule has 0 radical (unpaired) electrons. The molecular weight excluding hydrogens is 322 g/mol. The van der Waals surface area contributed by atoms with Crippen molar-refractivity contribution < 1.29 is 23.1 Å². The van der Waals surface area contributed by atoms with Gasteiger partial charge in [-0.15, -0.1) is 0 Å². The number of hydrogen-bond acceptors (Lipinski definition) is 5. The second-order valence-corrected chi connectivity index (χ2v) is 7.26. The molecule has 0 aliphatic rings. The van der Waals surface area contributed by atoms with Crippen LogP contribution in [0, 0.1) is 5.92 Å². The molecule has 0 spiro atoms. The molecule has 23 heavy (non-hydrogen) atoms. The molecule has 1 atom stereocenters. The molecule has 0 aromatic carbocycles. The van der Waals surface area contributed by atoms with Crippen LogP contribution >= 0.6 is 0 Å². The van der Waals surface area contributed by atoms with Crippen molar-refractivity contribution in [2.24, 2.45) is 5.92 Å². The predicted molar refractivity (Wildman–Crippen MR) is 84.1 cm³/mol. The largest absolute Gasteiger partial charge is 0.480 e. The molecule has 128 valence electrons. The van der Waals surface area contributed by atoms with Crippen LogP contribution in [0.2, 0.25) is 0 Å². The molecule has 1 amide bonds. The first-order valence-corrected chi connectivity index (χ1v) is 8.76. The van der Waals surface area contributed by atoms with Gasteiger partial charge in [-0.1, -0.05) is 19.9 Å². The predicted octanol–water partition coefficient (Wildman–Crippen LogP) is -0.231. The van der Waals surface area contributed by atoms with E-state index in [4.69, 9.17) is 5.11 Å². The number of aromatic nitrogens is 1. The Kier molecular flexibility index (Phi) is 7.11. The van der Waals surface area contributed by atoms with Crippen LogP contribution in [0.1, 0.15) is 19.5 Å². The molecule has 0 bridgehead atoms. The number of nitrogens with one attached hydrogen (secondary N) is 2. The molecule has 1 heterocycles. The highest BCUT2D eigenvalue weighted by atomic mass is 32.2. The third kappa shape index (κ3) is 7.20. The van der Waals surface area contributed by atoms with Crippen LogP contribution in [-0.2, 0) is 26.0 Å². The molecule has 0 saturated heterocycles. The number of nitrogens with zero attached hydrogens (tertiary/aromatic N) is 1. The van der Waals surface area contributed by atoms with Crippen LogP contribution < -0.4 is 10.0 Å². The summed E-state index contributed by atoms with van der Waals surface area (Å²) < 4.78 is 25.8. The summed E-state index contributed by atoms with van der Waals surface area (Å²) in [5.74, 6) is -2.36. The molecule has 1 unspecified atom stereocenters. The molecule has 1 aromatic heterocycles. The highest BCUT2D eigenvalue weighted by Gasteiger charge is 2.23. The number of carboxylic acid groups (broad SMARTS) is 1. The van der Waals surface area contributed by atoms with Gasteiger partial charge in [0.05, 0.1) is 12.3 Å². The third-order valence-electron chi connectivity index (χ3n) is 3.05. The minimum atomic E-state index is -3.65. The molecule has 0 aliphatic heterocycles. The summed E-state index contributed by atoms with van der Waals surface area (Å²) in [6.45, 7) is 2.80. The normalized spacial score (nSPS) is 12.8. The average Bonchev–Trinajstić information content (AvgIpc) is 2.49. The number of aliphatic carboxylic acids is 1. The third-order valence-corrected chi connectivity index (χ3v) is 4.38. The SMILES string of the molecule is CC(C)C(NC(=O)CNS(=O)(=O)CCc1ccccn1)C(=O)O. The fourth-order valence-corrected chi connectivity index (χ4v) is 2.74. The van der Waals surface area contributed by atoms with Crippen LogP contribution in [0.5, 0.6) is 0 Å². The van der Waals surface area contributed by atoms with Crippen molar-refractivity contribution in [1.29, 1.82) is 0 Å². The van der Waals surface area contributed by atoms with Gasteiger partial charge < -0.3 is 10.4 Å². The first-order valence-electron chi connectivity index (χ1n) is 7.10. The van der Waals surface area contributed by atoms with Gasteiger partial charge in [0.2, 0.25) is 15.9 Å². The lowest BCUT2D eigenvalue weighted by Gasteiger charge is -2.18. The zero-order valence-electron chi connectivity index (χ0n) is 13.0. The van der Waals surface area contributed by atoms with E-state index in [-0.39, 0.29) is 18.1 Å². The van der Waals surface area contributed by atoms with Gasteiger partial charge in [-0.2, -0.15) is 0 Å². The quantitative estimate of drug-likeness (QED) is 0.569. The Morgan fingerprint density at radius 2 is 2.00 bits per heavy atom. The van der Waals surface area contributed by atoms with Gasteiger partial charge in [0.25, 0.3) is 0 Å². The molecule has 1 rings (SSSR count). The molecule has 0 saturated carbocycles. The van der Waals surface area contributed by atoms with Crippen molar-refractivity contribution in [3.05, 3.63) is 30.1 Å². The van der Waals surface area contributed by atoms with Gasteiger partial charge in [-0.25, -0.2) is 17.9 Å². The molecule has 0 aliphatic carbocycles. The van der Waals surface area contributed by atoms with Crippen molar-refractivity contribution in [3.63, 3.8) is 0 Å². The minimum absolute atomic E-state index is 0.205. The molecular formula is C14H21N3O5S. The Morgan fingerprint density at radius 3 is 2.52 bits per heavy atom. The summed E-state index contributed by atoms with van der Waals surface area (Å²) >= 11 is 0. The number of sulfonamides is 1. The van der Waals surface area contributed by atoms with Crippen LogP contribution in [0.15, 0.2) is 24.4 Å². The second-order valence-electron chi connectivity index (χ2n) is 5.34. The number of amides is 1. The maximum atomic E-state index is 11.8. The van der Waals surface area contributed by atoms with Gasteiger partial charge in [-0.3, -0.25) is 9.78 Å². The van der Waals surface area contributed by atoms with E-state index < -0.39 is 34.5 Å². The topological polar surface area (TPSA) is 125 Å². The zero-order valence-corrected chi connectivity index (χ0v) is 13.8. The zero-order chi connectivity index (χ0) is 17.5.